The Hall–Kier alpha value is -0.660. The van der Waals surface area contributed by atoms with Crippen molar-refractivity contribution in [2.45, 2.75) is 25.4 Å². The number of aliphatic carboxylic acids is 1. The van der Waals surface area contributed by atoms with E-state index in [-0.39, 0.29) is 17.5 Å². The molecule has 0 amide bonds. The van der Waals surface area contributed by atoms with Crippen molar-refractivity contribution in [3.05, 3.63) is 0 Å². The van der Waals surface area contributed by atoms with E-state index in [4.69, 9.17) is 10.8 Å². The third-order valence-electron chi connectivity index (χ3n) is 2.85. The molecule has 0 radical (unpaired) electrons. The monoisotopic (exact) mass is 250 g/mol. The van der Waals surface area contributed by atoms with Crippen LogP contribution in [-0.4, -0.2) is 61.1 Å². The Morgan fingerprint density at radius 3 is 2.75 bits per heavy atom. The maximum Gasteiger partial charge on any atom is 0.320 e. The summed E-state index contributed by atoms with van der Waals surface area (Å²) in [4.78, 5) is 12.5. The summed E-state index contributed by atoms with van der Waals surface area (Å²) in [5.74, 6) is -0.716. The van der Waals surface area contributed by atoms with Crippen LogP contribution in [0.5, 0.6) is 0 Å². The molecule has 1 rings (SSSR count). The molecule has 1 heterocycles. The van der Waals surface area contributed by atoms with Gasteiger partial charge >= 0.3 is 5.97 Å². The van der Waals surface area contributed by atoms with E-state index in [0.29, 0.717) is 19.5 Å². The second-order valence-electron chi connectivity index (χ2n) is 4.23. The highest BCUT2D eigenvalue weighted by Crippen LogP contribution is 2.11. The van der Waals surface area contributed by atoms with Crippen molar-refractivity contribution in [1.29, 1.82) is 0 Å². The van der Waals surface area contributed by atoms with Gasteiger partial charge in [-0.15, -0.1) is 0 Å². The number of nitrogens with zero attached hydrogens (tertiary/aromatic N) is 1. The summed E-state index contributed by atoms with van der Waals surface area (Å²) in [6.07, 6.45) is 0.347. The van der Waals surface area contributed by atoms with Crippen molar-refractivity contribution in [1.82, 2.24) is 4.90 Å². The molecule has 0 aromatic heterocycles. The molecule has 94 valence electrons. The third kappa shape index (κ3) is 3.73. The molecular weight excluding hydrogens is 232 g/mol. The molecule has 0 aromatic rings. The molecule has 0 spiro atoms. The number of hydrogen-bond donors (Lipinski definition) is 2. The lowest BCUT2D eigenvalue weighted by molar-refractivity contribution is -0.138. The van der Waals surface area contributed by atoms with E-state index in [1.54, 1.807) is 0 Å². The van der Waals surface area contributed by atoms with Crippen molar-refractivity contribution < 1.29 is 18.3 Å². The molecule has 2 atom stereocenters. The van der Waals surface area contributed by atoms with Crippen molar-refractivity contribution in [2.24, 2.45) is 5.73 Å². The van der Waals surface area contributed by atoms with Crippen LogP contribution in [0.25, 0.3) is 0 Å². The van der Waals surface area contributed by atoms with Gasteiger partial charge in [0.05, 0.1) is 11.5 Å². The van der Waals surface area contributed by atoms with Gasteiger partial charge in [0, 0.05) is 19.1 Å². The first-order chi connectivity index (χ1) is 7.32. The zero-order chi connectivity index (χ0) is 12.3. The summed E-state index contributed by atoms with van der Waals surface area (Å²) < 4.78 is 22.6. The predicted molar refractivity (Wildman–Crippen MR) is 59.9 cm³/mol. The molecule has 1 aliphatic heterocycles. The first-order valence-corrected chi connectivity index (χ1v) is 7.07. The third-order valence-corrected chi connectivity index (χ3v) is 4.65. The summed E-state index contributed by atoms with van der Waals surface area (Å²) in [5.41, 5.74) is 5.39. The van der Waals surface area contributed by atoms with Crippen LogP contribution in [0.4, 0.5) is 0 Å². The Bertz CT molecular complexity index is 355. The molecular formula is C9H18N2O4S. The van der Waals surface area contributed by atoms with E-state index in [1.165, 1.54) is 0 Å². The summed E-state index contributed by atoms with van der Waals surface area (Å²) in [6, 6.07) is -0.925. The zero-order valence-corrected chi connectivity index (χ0v) is 10.1. The first kappa shape index (κ1) is 13.4. The fraction of sp³-hybridized carbons (Fsp3) is 0.889. The van der Waals surface area contributed by atoms with Gasteiger partial charge in [-0.05, 0) is 13.3 Å². The highest BCUT2D eigenvalue weighted by atomic mass is 32.2. The minimum absolute atomic E-state index is 0.0558. The summed E-state index contributed by atoms with van der Waals surface area (Å²) >= 11 is 0. The van der Waals surface area contributed by atoms with Crippen molar-refractivity contribution in [3.8, 4) is 0 Å². The van der Waals surface area contributed by atoms with E-state index in [9.17, 15) is 13.2 Å². The summed E-state index contributed by atoms with van der Waals surface area (Å²) in [5, 5.41) is 8.62. The summed E-state index contributed by atoms with van der Waals surface area (Å²) in [7, 11) is -2.91. The van der Waals surface area contributed by atoms with Gasteiger partial charge in [-0.1, -0.05) is 0 Å². The van der Waals surface area contributed by atoms with E-state index in [0.717, 1.165) is 0 Å². The predicted octanol–water partition coefficient (Wildman–Crippen LogP) is -1.09. The lowest BCUT2D eigenvalue weighted by atomic mass is 10.2. The van der Waals surface area contributed by atoms with Crippen molar-refractivity contribution in [3.63, 3.8) is 0 Å². The minimum atomic E-state index is -2.91. The van der Waals surface area contributed by atoms with Crippen molar-refractivity contribution in [2.75, 3.05) is 24.6 Å². The van der Waals surface area contributed by atoms with Gasteiger partial charge in [-0.3, -0.25) is 9.69 Å². The van der Waals surface area contributed by atoms with Crippen LogP contribution in [0.2, 0.25) is 0 Å². The molecule has 6 nitrogen and oxygen atoms in total. The van der Waals surface area contributed by atoms with E-state index in [1.807, 2.05) is 11.8 Å². The van der Waals surface area contributed by atoms with Gasteiger partial charge in [0.25, 0.3) is 0 Å². The normalized spacial score (nSPS) is 27.5. The maximum atomic E-state index is 11.3. The van der Waals surface area contributed by atoms with Crippen LogP contribution in [0.3, 0.4) is 0 Å². The van der Waals surface area contributed by atoms with Crippen LogP contribution in [0, 0.1) is 0 Å². The number of carboxylic acid groups (broad SMARTS) is 1. The Kier molecular flexibility index (Phi) is 4.28. The molecule has 2 unspecified atom stereocenters. The highest BCUT2D eigenvalue weighted by Gasteiger charge is 2.28. The van der Waals surface area contributed by atoms with Gasteiger partial charge in [0.1, 0.15) is 6.04 Å². The van der Waals surface area contributed by atoms with Crippen LogP contribution in [-0.2, 0) is 14.6 Å². The lowest BCUT2D eigenvalue weighted by Gasteiger charge is -2.33. The average molecular weight is 250 g/mol. The van der Waals surface area contributed by atoms with Crippen LogP contribution in [0.15, 0.2) is 0 Å². The number of nitrogens with two attached hydrogens (primary N) is 1. The minimum Gasteiger partial charge on any atom is -0.480 e. The molecule has 3 N–H and O–H groups in total. The fourth-order valence-electron chi connectivity index (χ4n) is 1.79. The highest BCUT2D eigenvalue weighted by molar-refractivity contribution is 7.91. The number of sulfone groups is 1. The SMILES string of the molecule is CC1CS(=O)(=O)CCN1CCC(N)C(=O)O. The average Bonchev–Trinajstić information content (AvgIpc) is 2.14. The molecule has 0 saturated carbocycles. The quantitative estimate of drug-likeness (QED) is 0.657. The lowest BCUT2D eigenvalue weighted by Crippen LogP contribution is -2.48. The Morgan fingerprint density at radius 2 is 2.25 bits per heavy atom. The number of hydrogen-bond acceptors (Lipinski definition) is 5. The van der Waals surface area contributed by atoms with Crippen molar-refractivity contribution >= 4 is 15.8 Å². The Balaban J connectivity index is 2.42. The second-order valence-corrected chi connectivity index (χ2v) is 6.46. The van der Waals surface area contributed by atoms with Gasteiger partial charge in [-0.2, -0.15) is 0 Å². The van der Waals surface area contributed by atoms with E-state index >= 15 is 0 Å². The number of rotatable bonds is 4. The van der Waals surface area contributed by atoms with E-state index in [2.05, 4.69) is 0 Å². The molecule has 0 aromatic carbocycles. The van der Waals surface area contributed by atoms with E-state index < -0.39 is 21.8 Å². The molecule has 7 heteroatoms. The maximum absolute atomic E-state index is 11.3. The van der Waals surface area contributed by atoms with Gasteiger partial charge in [-0.25, -0.2) is 8.42 Å². The number of carbonyl (C=O) groups is 1. The Morgan fingerprint density at radius 1 is 1.62 bits per heavy atom. The zero-order valence-electron chi connectivity index (χ0n) is 9.30. The second kappa shape index (κ2) is 5.11. The molecule has 1 saturated heterocycles. The molecule has 1 aliphatic rings. The smallest absolute Gasteiger partial charge is 0.320 e. The largest absolute Gasteiger partial charge is 0.480 e. The topological polar surface area (TPSA) is 101 Å². The first-order valence-electron chi connectivity index (χ1n) is 5.24. The molecule has 1 fully saturated rings. The molecule has 16 heavy (non-hydrogen) atoms. The van der Waals surface area contributed by atoms with Gasteiger partial charge < -0.3 is 10.8 Å². The summed E-state index contributed by atoms with van der Waals surface area (Å²) in [6.45, 7) is 2.84. The van der Waals surface area contributed by atoms with Crippen LogP contribution < -0.4 is 5.73 Å². The van der Waals surface area contributed by atoms with Gasteiger partial charge in [0.15, 0.2) is 9.84 Å². The fourth-order valence-corrected chi connectivity index (χ4v) is 3.42. The Labute approximate surface area is 95.3 Å². The number of carboxylic acids is 1. The van der Waals surface area contributed by atoms with Gasteiger partial charge in [0.2, 0.25) is 0 Å². The molecule has 0 bridgehead atoms. The van der Waals surface area contributed by atoms with Crippen LogP contribution >= 0.6 is 0 Å². The van der Waals surface area contributed by atoms with Crippen LogP contribution in [0.1, 0.15) is 13.3 Å². The molecule has 0 aliphatic carbocycles. The standard InChI is InChI=1S/C9H18N2O4S/c1-7-6-16(14,15)5-4-11(7)3-2-8(10)9(12)13/h7-8H,2-6,10H2,1H3,(H,12,13).